The number of ether oxygens (including phenoxy) is 1. The maximum Gasteiger partial charge on any atom is 0.330 e. The fourth-order valence-corrected chi connectivity index (χ4v) is 4.56. The van der Waals surface area contributed by atoms with Crippen LogP contribution in [0, 0.1) is 5.82 Å². The lowest BCUT2D eigenvalue weighted by molar-refractivity contribution is -0.146. The highest BCUT2D eigenvalue weighted by molar-refractivity contribution is 5.82. The van der Waals surface area contributed by atoms with E-state index in [-0.39, 0.29) is 11.6 Å². The molecule has 1 unspecified atom stereocenters. The first-order chi connectivity index (χ1) is 17.9. The standard InChI is InChI=1S/C28H30FN5O3/c1-5-7-9-19(6-2)18(3)31-28-30-16-15-22(32-28)25-24(20-11-13-21(29)14-12-20)26(35)33-17-8-10-23(34(25)33)27(36)37-4/h5-7,9,11-16,18,23H,2,8,10,17H2,1,3-4H3,(H,30,31,32)/b7-5-,19-9+/t18-,23?/m0/s1. The molecule has 2 aromatic heterocycles. The minimum absolute atomic E-state index is 0.144. The lowest BCUT2D eigenvalue weighted by Gasteiger charge is -2.27. The van der Waals surface area contributed by atoms with Gasteiger partial charge in [-0.2, -0.15) is 0 Å². The number of fused-ring (bicyclic) bond motifs is 1. The Kier molecular flexibility index (Phi) is 7.81. The van der Waals surface area contributed by atoms with Crippen molar-refractivity contribution in [2.45, 2.75) is 45.3 Å². The maximum absolute atomic E-state index is 13.7. The van der Waals surface area contributed by atoms with E-state index >= 15 is 0 Å². The van der Waals surface area contributed by atoms with Gasteiger partial charge >= 0.3 is 5.97 Å². The van der Waals surface area contributed by atoms with Gasteiger partial charge in [0.2, 0.25) is 5.95 Å². The summed E-state index contributed by atoms with van der Waals surface area (Å²) in [5, 5.41) is 3.28. The van der Waals surface area contributed by atoms with Crippen molar-refractivity contribution in [3.05, 3.63) is 89.2 Å². The van der Waals surface area contributed by atoms with E-state index in [0.29, 0.717) is 47.8 Å². The first-order valence-corrected chi connectivity index (χ1v) is 12.1. The summed E-state index contributed by atoms with van der Waals surface area (Å²) in [6.07, 6.45) is 10.3. The summed E-state index contributed by atoms with van der Waals surface area (Å²) < 4.78 is 22.0. The SMILES string of the molecule is C=C/C(=C\C=C/C)[C@H](C)Nc1nccc(-c2c(-c3ccc(F)cc3)c(=O)n3n2C(C(=O)OC)CCC3)n1. The van der Waals surface area contributed by atoms with Crippen molar-refractivity contribution < 1.29 is 13.9 Å². The van der Waals surface area contributed by atoms with Crippen molar-refractivity contribution in [2.75, 3.05) is 12.4 Å². The minimum Gasteiger partial charge on any atom is -0.467 e. The predicted octanol–water partition coefficient (Wildman–Crippen LogP) is 4.91. The molecule has 9 heteroatoms. The molecule has 0 saturated heterocycles. The van der Waals surface area contributed by atoms with Crippen LogP contribution in [0.15, 0.2) is 77.8 Å². The second-order valence-electron chi connectivity index (χ2n) is 8.71. The zero-order chi connectivity index (χ0) is 26.5. The summed E-state index contributed by atoms with van der Waals surface area (Å²) in [6.45, 7) is 8.22. The fraction of sp³-hybridized carbons (Fsp3) is 0.286. The molecular weight excluding hydrogens is 473 g/mol. The Balaban J connectivity index is 1.88. The number of carbonyl (C=O) groups is 1. The highest BCUT2D eigenvalue weighted by atomic mass is 19.1. The molecule has 0 fully saturated rings. The number of allylic oxidation sites excluding steroid dienone is 3. The van der Waals surface area contributed by atoms with Crippen molar-refractivity contribution in [3.8, 4) is 22.5 Å². The topological polar surface area (TPSA) is 91.0 Å². The molecule has 2 atom stereocenters. The average Bonchev–Trinajstić information content (AvgIpc) is 3.21. The Morgan fingerprint density at radius 2 is 2.05 bits per heavy atom. The molecule has 37 heavy (non-hydrogen) atoms. The van der Waals surface area contributed by atoms with E-state index in [4.69, 9.17) is 9.72 Å². The van der Waals surface area contributed by atoms with E-state index in [1.165, 1.54) is 19.2 Å². The second kappa shape index (κ2) is 11.2. The van der Waals surface area contributed by atoms with Gasteiger partial charge in [0.05, 0.1) is 30.1 Å². The van der Waals surface area contributed by atoms with Gasteiger partial charge in [-0.1, -0.05) is 43.0 Å². The molecular formula is C28H30FN5O3. The van der Waals surface area contributed by atoms with Gasteiger partial charge in [0, 0.05) is 12.7 Å². The summed E-state index contributed by atoms with van der Waals surface area (Å²) >= 11 is 0. The van der Waals surface area contributed by atoms with Gasteiger partial charge < -0.3 is 10.1 Å². The number of esters is 1. The zero-order valence-corrected chi connectivity index (χ0v) is 21.1. The third-order valence-electron chi connectivity index (χ3n) is 6.38. The van der Waals surface area contributed by atoms with Crippen molar-refractivity contribution >= 4 is 11.9 Å². The van der Waals surface area contributed by atoms with Crippen molar-refractivity contribution in [2.24, 2.45) is 0 Å². The molecule has 1 N–H and O–H groups in total. The Morgan fingerprint density at radius 1 is 1.30 bits per heavy atom. The largest absolute Gasteiger partial charge is 0.467 e. The number of rotatable bonds is 8. The molecule has 0 spiro atoms. The van der Waals surface area contributed by atoms with Crippen molar-refractivity contribution in [3.63, 3.8) is 0 Å². The van der Waals surface area contributed by atoms with Gasteiger partial charge in [0.25, 0.3) is 5.56 Å². The number of nitrogens with zero attached hydrogens (tertiary/aromatic N) is 4. The molecule has 0 radical (unpaired) electrons. The summed E-state index contributed by atoms with van der Waals surface area (Å²) in [4.78, 5) is 35.5. The van der Waals surface area contributed by atoms with E-state index in [2.05, 4.69) is 16.9 Å². The number of carbonyl (C=O) groups excluding carboxylic acids is 1. The molecule has 3 aromatic rings. The number of anilines is 1. The maximum atomic E-state index is 13.7. The zero-order valence-electron chi connectivity index (χ0n) is 21.1. The van der Waals surface area contributed by atoms with Crippen LogP contribution < -0.4 is 10.9 Å². The smallest absolute Gasteiger partial charge is 0.330 e. The average molecular weight is 504 g/mol. The number of methoxy groups -OCH3 is 1. The van der Waals surface area contributed by atoms with Crippen LogP contribution >= 0.6 is 0 Å². The molecule has 8 nitrogen and oxygen atoms in total. The molecule has 0 bridgehead atoms. The number of benzene rings is 1. The Labute approximate surface area is 214 Å². The Hall–Kier alpha value is -4.27. The van der Waals surface area contributed by atoms with E-state index in [1.54, 1.807) is 39.8 Å². The highest BCUT2D eigenvalue weighted by Crippen LogP contribution is 2.35. The summed E-state index contributed by atoms with van der Waals surface area (Å²) in [5.74, 6) is -0.504. The van der Waals surface area contributed by atoms with Crippen LogP contribution in [0.4, 0.5) is 10.3 Å². The monoisotopic (exact) mass is 503 g/mol. The third-order valence-corrected chi connectivity index (χ3v) is 6.38. The highest BCUT2D eigenvalue weighted by Gasteiger charge is 2.34. The molecule has 0 amide bonds. The number of halogens is 1. The van der Waals surface area contributed by atoms with Gasteiger partial charge in [0.1, 0.15) is 11.9 Å². The van der Waals surface area contributed by atoms with Crippen LogP contribution in [-0.4, -0.2) is 38.5 Å². The third kappa shape index (κ3) is 5.16. The molecule has 0 aliphatic carbocycles. The molecule has 1 aliphatic heterocycles. The molecule has 1 aliphatic rings. The first-order valence-electron chi connectivity index (χ1n) is 12.1. The number of aromatic nitrogens is 4. The second-order valence-corrected chi connectivity index (χ2v) is 8.71. The van der Waals surface area contributed by atoms with E-state index < -0.39 is 17.8 Å². The fourth-order valence-electron chi connectivity index (χ4n) is 4.56. The molecule has 0 saturated carbocycles. The van der Waals surface area contributed by atoms with Crippen molar-refractivity contribution in [1.82, 2.24) is 19.3 Å². The quantitative estimate of drug-likeness (QED) is 0.347. The van der Waals surface area contributed by atoms with Crippen LogP contribution in [0.2, 0.25) is 0 Å². The number of nitrogens with one attached hydrogen (secondary N) is 1. The lowest BCUT2D eigenvalue weighted by atomic mass is 10.0. The van der Waals surface area contributed by atoms with Crippen LogP contribution in [0.5, 0.6) is 0 Å². The van der Waals surface area contributed by atoms with E-state index in [9.17, 15) is 14.0 Å². The van der Waals surface area contributed by atoms with Gasteiger partial charge in [-0.3, -0.25) is 9.48 Å². The minimum atomic E-state index is -0.697. The summed E-state index contributed by atoms with van der Waals surface area (Å²) in [5.41, 5.74) is 2.45. The van der Waals surface area contributed by atoms with E-state index in [1.807, 2.05) is 32.1 Å². The van der Waals surface area contributed by atoms with Crippen molar-refractivity contribution in [1.29, 1.82) is 0 Å². The van der Waals surface area contributed by atoms with Gasteiger partial charge in [0.15, 0.2) is 0 Å². The molecule has 192 valence electrons. The Morgan fingerprint density at radius 3 is 2.73 bits per heavy atom. The summed E-state index contributed by atoms with van der Waals surface area (Å²) in [7, 11) is 1.33. The van der Waals surface area contributed by atoms with E-state index in [0.717, 1.165) is 5.57 Å². The van der Waals surface area contributed by atoms with Crippen LogP contribution in [-0.2, 0) is 16.1 Å². The number of hydrogen-bond donors (Lipinski definition) is 1. The van der Waals surface area contributed by atoms with Gasteiger partial charge in [-0.15, -0.1) is 0 Å². The molecule has 1 aromatic carbocycles. The Bertz CT molecular complexity index is 1420. The molecule has 3 heterocycles. The predicted molar refractivity (Wildman–Crippen MR) is 142 cm³/mol. The van der Waals surface area contributed by atoms with Crippen LogP contribution in [0.3, 0.4) is 0 Å². The lowest BCUT2D eigenvalue weighted by Crippen LogP contribution is -2.35. The van der Waals surface area contributed by atoms with Gasteiger partial charge in [-0.05, 0) is 56.0 Å². The van der Waals surface area contributed by atoms with Gasteiger partial charge in [-0.25, -0.2) is 23.8 Å². The number of hydrogen-bond acceptors (Lipinski definition) is 6. The summed E-state index contributed by atoms with van der Waals surface area (Å²) in [6, 6.07) is 6.57. The van der Waals surface area contributed by atoms with Crippen LogP contribution in [0.25, 0.3) is 22.5 Å². The van der Waals surface area contributed by atoms with Crippen LogP contribution in [0.1, 0.15) is 32.7 Å². The normalized spacial score (nSPS) is 16.3. The first kappa shape index (κ1) is 25.8. The molecule has 4 rings (SSSR count).